The number of aliphatic carboxylic acids is 11. The van der Waals surface area contributed by atoms with Crippen LogP contribution in [0.15, 0.2) is 0 Å². The molecule has 0 aromatic heterocycles. The summed E-state index contributed by atoms with van der Waals surface area (Å²) in [5, 5.41) is 97.8. The first-order valence-electron chi connectivity index (χ1n) is 9.99. The number of hydrogen-bond acceptors (Lipinski definition) is 22. The molecule has 1 radical (unpaired) electrons. The third kappa shape index (κ3) is 1850. The van der Waals surface area contributed by atoms with Gasteiger partial charge < -0.3 is 109 Å². The zero-order valence-electron chi connectivity index (χ0n) is 25.8. The number of carbonyl (C=O) groups excluding carboxylic acids is 11. The second-order valence-electron chi connectivity index (χ2n) is 5.41. The molecule has 0 bridgehead atoms. The van der Waals surface area contributed by atoms with Gasteiger partial charge in [-0.2, -0.15) is 0 Å². The Labute approximate surface area is 268 Å². The van der Waals surface area contributed by atoms with Crippen molar-refractivity contribution in [3.05, 3.63) is 0 Å². The van der Waals surface area contributed by atoms with Crippen LogP contribution in [0.2, 0.25) is 0 Å². The summed E-state index contributed by atoms with van der Waals surface area (Å²) < 4.78 is 0. The Balaban J connectivity index is -0.0000000266. The van der Waals surface area contributed by atoms with Crippen LogP contribution in [0.3, 0.4) is 0 Å². The summed E-state index contributed by atoms with van der Waals surface area (Å²) in [4.78, 5) is 97.8. The number of carboxylic acid groups (broad SMARTS) is 11. The molecule has 0 heterocycles. The van der Waals surface area contributed by atoms with Gasteiger partial charge in [0.15, 0.2) is 0 Å². The van der Waals surface area contributed by atoms with Crippen molar-refractivity contribution in [3.8, 4) is 0 Å². The molecule has 0 aromatic rings. The molecule has 45 heavy (non-hydrogen) atoms. The minimum Gasteiger partial charge on any atom is -0.550 e. The second-order valence-corrected chi connectivity index (χ2v) is 5.41. The van der Waals surface area contributed by atoms with Gasteiger partial charge in [0.25, 0.3) is 0 Å². The number of carbonyl (C=O) groups is 11. The average molecular weight is 713 g/mol. The molecule has 23 heteroatoms. The number of rotatable bonds is 0. The van der Waals surface area contributed by atoms with E-state index in [0.29, 0.717) is 0 Å². The van der Waals surface area contributed by atoms with Crippen molar-refractivity contribution in [2.24, 2.45) is 0 Å². The van der Waals surface area contributed by atoms with Crippen molar-refractivity contribution >= 4 is 65.7 Å². The Morgan fingerprint density at radius 2 is 0.200 bits per heavy atom. The molecule has 0 fully saturated rings. The average Bonchev–Trinajstić information content (AvgIpc) is 2.55. The molecule has 0 aliphatic rings. The van der Waals surface area contributed by atoms with Crippen molar-refractivity contribution < 1.29 is 126 Å². The Morgan fingerprint density at radius 3 is 0.200 bits per heavy atom. The van der Waals surface area contributed by atoms with E-state index in [0.717, 1.165) is 76.2 Å². The van der Waals surface area contributed by atoms with E-state index in [1.165, 1.54) is 0 Å². The van der Waals surface area contributed by atoms with E-state index in [1.54, 1.807) is 0 Å². The van der Waals surface area contributed by atoms with Gasteiger partial charge in [-0.15, -0.1) is 0 Å². The maximum Gasteiger partial charge on any atom is 0.0383 e. The molecule has 0 unspecified atom stereocenters. The first kappa shape index (κ1) is 77.5. The third-order valence-electron chi connectivity index (χ3n) is 0. The van der Waals surface area contributed by atoms with Gasteiger partial charge in [0.2, 0.25) is 0 Å². The van der Waals surface area contributed by atoms with Gasteiger partial charge in [-0.1, -0.05) is 0 Å². The van der Waals surface area contributed by atoms with Gasteiger partial charge in [0.05, 0.1) is 0 Å². The summed E-state index contributed by atoms with van der Waals surface area (Å²) in [6.07, 6.45) is 0. The fraction of sp³-hybridized carbons (Fsp3) is 0.500. The van der Waals surface area contributed by atoms with Crippen LogP contribution in [-0.4, -0.2) is 65.7 Å². The number of hydrogen-bond donors (Lipinski definition) is 0. The molecular weight excluding hydrogens is 680 g/mol. The normalized spacial score (nSPS) is 6.11. The van der Waals surface area contributed by atoms with Gasteiger partial charge in [-0.3, -0.25) is 0 Å². The summed E-state index contributed by atoms with van der Waals surface area (Å²) >= 11 is 0. The largest absolute Gasteiger partial charge is 0.550 e. The van der Waals surface area contributed by atoms with Crippen molar-refractivity contribution in [1.29, 1.82) is 0 Å². The smallest absolute Gasteiger partial charge is 0.0383 e. The van der Waals surface area contributed by atoms with Gasteiger partial charge in [0.1, 0.15) is 0 Å². The Morgan fingerprint density at radius 1 is 0.200 bits per heavy atom. The van der Waals surface area contributed by atoms with E-state index in [1.807, 2.05) is 0 Å². The van der Waals surface area contributed by atoms with Gasteiger partial charge >= 0.3 is 0 Å². The minimum absolute atomic E-state index is 0. The monoisotopic (exact) mass is 712 g/mol. The summed E-state index contributed by atoms with van der Waals surface area (Å²) in [6, 6.07) is 0. The van der Waals surface area contributed by atoms with E-state index in [9.17, 15) is 0 Å². The second kappa shape index (κ2) is 71.7. The molecule has 0 aliphatic carbocycles. The fourth-order valence-electron chi connectivity index (χ4n) is 0. The summed E-state index contributed by atoms with van der Waals surface area (Å²) in [5.74, 6) is -11.9. The molecule has 0 atom stereocenters. The van der Waals surface area contributed by atoms with Crippen LogP contribution in [0.5, 0.6) is 0 Å². The van der Waals surface area contributed by atoms with Crippen LogP contribution in [0.25, 0.3) is 0 Å². The molecule has 0 rings (SSSR count). The molecule has 22 nitrogen and oxygen atoms in total. The standard InChI is InChI=1S/11C2H4O2.Cu/c11*1-2(3)4;/h11*1H3,(H,3,4);/p-11. The molecule has 0 saturated heterocycles. The number of carboxylic acids is 11. The predicted molar refractivity (Wildman–Crippen MR) is 117 cm³/mol. The zero-order valence-corrected chi connectivity index (χ0v) is 26.7. The maximum atomic E-state index is 8.89. The third-order valence-corrected chi connectivity index (χ3v) is 0. The van der Waals surface area contributed by atoms with E-state index in [2.05, 4.69) is 0 Å². The van der Waals surface area contributed by atoms with Crippen molar-refractivity contribution in [3.63, 3.8) is 0 Å². The van der Waals surface area contributed by atoms with Gasteiger partial charge in [-0.25, -0.2) is 0 Å². The van der Waals surface area contributed by atoms with Crippen LogP contribution < -0.4 is 56.2 Å². The molecule has 0 spiro atoms. The quantitative estimate of drug-likeness (QED) is 0.210. The van der Waals surface area contributed by atoms with Crippen LogP contribution >= 0.6 is 0 Å². The first-order chi connectivity index (χ1) is 19.1. The van der Waals surface area contributed by atoms with E-state index in [4.69, 9.17) is 109 Å². The topological polar surface area (TPSA) is 441 Å². The van der Waals surface area contributed by atoms with E-state index >= 15 is 0 Å². The predicted octanol–water partition coefficient (Wildman–Crippen LogP) is -13.7. The summed E-state index contributed by atoms with van der Waals surface area (Å²) in [7, 11) is 0. The van der Waals surface area contributed by atoms with Gasteiger partial charge in [0, 0.05) is 82.7 Å². The van der Waals surface area contributed by atoms with Crippen LogP contribution in [0.1, 0.15) is 76.2 Å². The van der Waals surface area contributed by atoms with Gasteiger partial charge in [-0.05, 0) is 76.2 Å². The Kier molecular flexibility index (Phi) is 123. The maximum absolute atomic E-state index is 8.89. The zero-order chi connectivity index (χ0) is 39.4. The molecule has 0 aromatic carbocycles. The fourth-order valence-corrected chi connectivity index (χ4v) is 0. The molecule has 0 amide bonds. The van der Waals surface area contributed by atoms with Crippen molar-refractivity contribution in [1.82, 2.24) is 0 Å². The van der Waals surface area contributed by atoms with E-state index < -0.39 is 65.7 Å². The van der Waals surface area contributed by atoms with E-state index in [-0.39, 0.29) is 17.1 Å². The SMILES string of the molecule is CC(=O)[O-].CC(=O)[O-].CC(=O)[O-].CC(=O)[O-].CC(=O)[O-].CC(=O)[O-].CC(=O)[O-].CC(=O)[O-].CC(=O)[O-].CC(=O)[O-].CC(=O)[O-].[Cu]. The Bertz CT molecular complexity index is 532. The molecule has 0 aliphatic heterocycles. The van der Waals surface area contributed by atoms with Crippen LogP contribution in [0, 0.1) is 0 Å². The van der Waals surface area contributed by atoms with Crippen LogP contribution in [-0.2, 0) is 69.8 Å². The molecular formula is C22H33CuO22-11. The van der Waals surface area contributed by atoms with Crippen molar-refractivity contribution in [2.45, 2.75) is 76.2 Å². The Hall–Kier alpha value is -5.31. The first-order valence-corrected chi connectivity index (χ1v) is 9.99. The van der Waals surface area contributed by atoms with Crippen molar-refractivity contribution in [2.75, 3.05) is 0 Å². The summed E-state index contributed by atoms with van der Waals surface area (Å²) in [5.41, 5.74) is 0. The summed E-state index contributed by atoms with van der Waals surface area (Å²) in [6.45, 7) is 10.7. The minimum atomic E-state index is -1.08. The molecule has 275 valence electrons. The van der Waals surface area contributed by atoms with Crippen LogP contribution in [0.4, 0.5) is 0 Å². The molecule has 0 N–H and O–H groups in total. The molecule has 0 saturated carbocycles.